The van der Waals surface area contributed by atoms with Crippen molar-refractivity contribution in [2.75, 3.05) is 13.2 Å². The van der Waals surface area contributed by atoms with Crippen molar-refractivity contribution in [2.24, 2.45) is 17.4 Å². The molecule has 1 aliphatic rings. The SMILES string of the molecule is CC(N)(CCOCC1CC1)C(N)=O. The van der Waals surface area contributed by atoms with E-state index in [4.69, 9.17) is 16.2 Å². The number of hydrogen-bond donors (Lipinski definition) is 2. The minimum absolute atomic E-state index is 0.470. The van der Waals surface area contributed by atoms with Crippen LogP contribution in [-0.4, -0.2) is 24.7 Å². The third-order valence-electron chi connectivity index (χ3n) is 2.38. The van der Waals surface area contributed by atoms with Gasteiger partial charge in [0.15, 0.2) is 0 Å². The second-order valence-electron chi connectivity index (χ2n) is 4.05. The van der Waals surface area contributed by atoms with E-state index in [0.29, 0.717) is 13.0 Å². The summed E-state index contributed by atoms with van der Waals surface area (Å²) in [5.41, 5.74) is 9.82. The van der Waals surface area contributed by atoms with Crippen LogP contribution >= 0.6 is 0 Å². The van der Waals surface area contributed by atoms with E-state index >= 15 is 0 Å². The molecule has 0 aromatic rings. The smallest absolute Gasteiger partial charge is 0.237 e. The van der Waals surface area contributed by atoms with Crippen molar-refractivity contribution in [1.82, 2.24) is 0 Å². The maximum atomic E-state index is 10.8. The molecule has 1 aliphatic carbocycles. The molecule has 4 nitrogen and oxygen atoms in total. The van der Waals surface area contributed by atoms with Gasteiger partial charge < -0.3 is 16.2 Å². The van der Waals surface area contributed by atoms with Gasteiger partial charge in [-0.25, -0.2) is 0 Å². The fraction of sp³-hybridized carbons (Fsp3) is 0.889. The Bertz CT molecular complexity index is 188. The Labute approximate surface area is 78.6 Å². The standard InChI is InChI=1S/C9H18N2O2/c1-9(11,8(10)12)4-5-13-6-7-2-3-7/h7H,2-6,11H2,1H3,(H2,10,12). The van der Waals surface area contributed by atoms with Crippen molar-refractivity contribution in [3.8, 4) is 0 Å². The summed E-state index contributed by atoms with van der Waals surface area (Å²) in [5, 5.41) is 0. The van der Waals surface area contributed by atoms with Crippen LogP contribution in [0.5, 0.6) is 0 Å². The average Bonchev–Trinajstić information content (AvgIpc) is 2.81. The summed E-state index contributed by atoms with van der Waals surface area (Å²) >= 11 is 0. The van der Waals surface area contributed by atoms with Crippen molar-refractivity contribution in [1.29, 1.82) is 0 Å². The lowest BCUT2D eigenvalue weighted by atomic mass is 9.99. The number of carbonyl (C=O) groups excluding carboxylic acids is 1. The fourth-order valence-corrected chi connectivity index (χ4v) is 0.942. The molecule has 0 heterocycles. The van der Waals surface area contributed by atoms with Gasteiger partial charge >= 0.3 is 0 Å². The number of ether oxygens (including phenoxy) is 1. The third kappa shape index (κ3) is 3.74. The normalized spacial score (nSPS) is 21.1. The first-order valence-electron chi connectivity index (χ1n) is 4.69. The minimum Gasteiger partial charge on any atom is -0.381 e. The number of amides is 1. The minimum atomic E-state index is -0.927. The van der Waals surface area contributed by atoms with Crippen molar-refractivity contribution in [2.45, 2.75) is 31.7 Å². The molecular formula is C9H18N2O2. The molecule has 0 radical (unpaired) electrons. The lowest BCUT2D eigenvalue weighted by Gasteiger charge is -2.19. The van der Waals surface area contributed by atoms with Crippen molar-refractivity contribution in [3.63, 3.8) is 0 Å². The van der Waals surface area contributed by atoms with E-state index in [1.807, 2.05) is 0 Å². The van der Waals surface area contributed by atoms with Crippen molar-refractivity contribution in [3.05, 3.63) is 0 Å². The molecule has 0 aliphatic heterocycles. The molecule has 1 atom stereocenters. The molecule has 0 spiro atoms. The molecule has 0 bridgehead atoms. The van der Waals surface area contributed by atoms with Crippen LogP contribution in [0.3, 0.4) is 0 Å². The lowest BCUT2D eigenvalue weighted by Crippen LogP contribution is -2.50. The highest BCUT2D eigenvalue weighted by Crippen LogP contribution is 2.28. The predicted octanol–water partition coefficient (Wildman–Crippen LogP) is 0.00580. The van der Waals surface area contributed by atoms with Gasteiger partial charge in [-0.3, -0.25) is 4.79 Å². The molecule has 13 heavy (non-hydrogen) atoms. The maximum Gasteiger partial charge on any atom is 0.237 e. The summed E-state index contributed by atoms with van der Waals surface area (Å²) in [5.74, 6) is 0.278. The van der Waals surface area contributed by atoms with Crippen LogP contribution < -0.4 is 11.5 Å². The third-order valence-corrected chi connectivity index (χ3v) is 2.38. The summed E-state index contributed by atoms with van der Waals surface area (Å²) < 4.78 is 5.36. The number of rotatable bonds is 6. The summed E-state index contributed by atoms with van der Waals surface area (Å²) in [7, 11) is 0. The van der Waals surface area contributed by atoms with Crippen LogP contribution in [0.25, 0.3) is 0 Å². The molecule has 4 N–H and O–H groups in total. The van der Waals surface area contributed by atoms with Gasteiger partial charge in [0.05, 0.1) is 5.54 Å². The zero-order chi connectivity index (χ0) is 9.90. The Balaban J connectivity index is 2.05. The molecule has 1 fully saturated rings. The first kappa shape index (κ1) is 10.5. The summed E-state index contributed by atoms with van der Waals surface area (Å²) in [6.45, 7) is 2.96. The highest BCUT2D eigenvalue weighted by Gasteiger charge is 2.26. The Kier molecular flexibility index (Phi) is 3.27. The van der Waals surface area contributed by atoms with E-state index in [0.717, 1.165) is 12.5 Å². The second-order valence-corrected chi connectivity index (χ2v) is 4.05. The van der Waals surface area contributed by atoms with Gasteiger partial charge in [0, 0.05) is 13.2 Å². The Hall–Kier alpha value is -0.610. The van der Waals surface area contributed by atoms with E-state index in [1.165, 1.54) is 12.8 Å². The Morgan fingerprint density at radius 1 is 1.62 bits per heavy atom. The van der Waals surface area contributed by atoms with Gasteiger partial charge in [-0.1, -0.05) is 0 Å². The molecule has 1 saturated carbocycles. The van der Waals surface area contributed by atoms with Crippen LogP contribution in [0.15, 0.2) is 0 Å². The number of primary amides is 1. The molecule has 0 aromatic heterocycles. The molecule has 1 amide bonds. The number of carbonyl (C=O) groups is 1. The van der Waals surface area contributed by atoms with Gasteiger partial charge in [0.1, 0.15) is 0 Å². The van der Waals surface area contributed by atoms with Gasteiger partial charge in [-0.15, -0.1) is 0 Å². The number of nitrogens with two attached hydrogens (primary N) is 2. The fourth-order valence-electron chi connectivity index (χ4n) is 0.942. The molecule has 76 valence electrons. The predicted molar refractivity (Wildman–Crippen MR) is 49.9 cm³/mol. The van der Waals surface area contributed by atoms with E-state index < -0.39 is 11.4 Å². The van der Waals surface area contributed by atoms with Gasteiger partial charge in [0.2, 0.25) is 5.91 Å². The largest absolute Gasteiger partial charge is 0.381 e. The summed E-state index contributed by atoms with van der Waals surface area (Å²) in [6, 6.07) is 0. The summed E-state index contributed by atoms with van der Waals surface area (Å²) in [6.07, 6.45) is 3.04. The average molecular weight is 186 g/mol. The van der Waals surface area contributed by atoms with E-state index in [1.54, 1.807) is 6.92 Å². The highest BCUT2D eigenvalue weighted by atomic mass is 16.5. The van der Waals surface area contributed by atoms with E-state index in [9.17, 15) is 4.79 Å². The van der Waals surface area contributed by atoms with Crippen LogP contribution in [0.1, 0.15) is 26.2 Å². The van der Waals surface area contributed by atoms with Crippen LogP contribution in [0.4, 0.5) is 0 Å². The van der Waals surface area contributed by atoms with Crippen molar-refractivity contribution >= 4 is 5.91 Å². The quantitative estimate of drug-likeness (QED) is 0.573. The molecule has 1 unspecified atom stereocenters. The first-order valence-corrected chi connectivity index (χ1v) is 4.69. The van der Waals surface area contributed by atoms with Gasteiger partial charge in [0.25, 0.3) is 0 Å². The lowest BCUT2D eigenvalue weighted by molar-refractivity contribution is -0.123. The zero-order valence-corrected chi connectivity index (χ0v) is 8.08. The molecule has 0 aromatic carbocycles. The molecule has 0 saturated heterocycles. The van der Waals surface area contributed by atoms with E-state index in [2.05, 4.69) is 0 Å². The van der Waals surface area contributed by atoms with Crippen LogP contribution in [0, 0.1) is 5.92 Å². The molecule has 4 heteroatoms. The van der Waals surface area contributed by atoms with Gasteiger partial charge in [-0.05, 0) is 32.1 Å². The highest BCUT2D eigenvalue weighted by molar-refractivity contribution is 5.83. The van der Waals surface area contributed by atoms with E-state index in [-0.39, 0.29) is 0 Å². The second kappa shape index (κ2) is 4.07. The molecular weight excluding hydrogens is 168 g/mol. The van der Waals surface area contributed by atoms with Gasteiger partial charge in [-0.2, -0.15) is 0 Å². The van der Waals surface area contributed by atoms with Crippen LogP contribution in [-0.2, 0) is 9.53 Å². The summed E-state index contributed by atoms with van der Waals surface area (Å²) in [4.78, 5) is 10.8. The topological polar surface area (TPSA) is 78.3 Å². The maximum absolute atomic E-state index is 10.8. The Morgan fingerprint density at radius 2 is 2.23 bits per heavy atom. The first-order chi connectivity index (χ1) is 6.02. The molecule has 1 rings (SSSR count). The van der Waals surface area contributed by atoms with Crippen molar-refractivity contribution < 1.29 is 9.53 Å². The zero-order valence-electron chi connectivity index (χ0n) is 8.08. The Morgan fingerprint density at radius 3 is 2.69 bits per heavy atom. The monoisotopic (exact) mass is 186 g/mol. The number of hydrogen-bond acceptors (Lipinski definition) is 3. The van der Waals surface area contributed by atoms with Crippen LogP contribution in [0.2, 0.25) is 0 Å².